The van der Waals surface area contributed by atoms with Crippen molar-refractivity contribution in [2.24, 2.45) is 0 Å². The number of halogens is 1. The fourth-order valence-corrected chi connectivity index (χ4v) is 4.34. The van der Waals surface area contributed by atoms with Gasteiger partial charge in [0, 0.05) is 0 Å². The summed E-state index contributed by atoms with van der Waals surface area (Å²) < 4.78 is 25.9. The number of hydrogen-bond donors (Lipinski definition) is 1. The van der Waals surface area contributed by atoms with E-state index in [0.717, 1.165) is 5.56 Å². The molecule has 1 aliphatic heterocycles. The molecule has 7 heteroatoms. The molecule has 106 valence electrons. The van der Waals surface area contributed by atoms with Gasteiger partial charge in [-0.25, -0.2) is 13.1 Å². The van der Waals surface area contributed by atoms with Crippen LogP contribution >= 0.6 is 11.6 Å². The number of sulfone groups is 1. The van der Waals surface area contributed by atoms with Crippen LogP contribution in [0, 0.1) is 6.92 Å². The zero-order chi connectivity index (χ0) is 14.5. The highest BCUT2D eigenvalue weighted by Crippen LogP contribution is 2.37. The van der Waals surface area contributed by atoms with E-state index in [2.05, 4.69) is 5.10 Å². The minimum Gasteiger partial charge on any atom is -0.383 e. The summed E-state index contributed by atoms with van der Waals surface area (Å²) in [5.41, 5.74) is 7.35. The number of rotatable bonds is 1. The van der Waals surface area contributed by atoms with Crippen LogP contribution in [-0.4, -0.2) is 24.0 Å². The summed E-state index contributed by atoms with van der Waals surface area (Å²) in [6, 6.07) is 6.79. The first-order valence-electron chi connectivity index (χ1n) is 6.23. The molecule has 1 atom stereocenters. The fraction of sp³-hybridized carbons (Fsp3) is 0.308. The van der Waals surface area contributed by atoms with Crippen LogP contribution < -0.4 is 5.73 Å². The van der Waals surface area contributed by atoms with Gasteiger partial charge in [-0.3, -0.25) is 0 Å². The van der Waals surface area contributed by atoms with Gasteiger partial charge in [0.1, 0.15) is 10.8 Å². The molecule has 1 aliphatic rings. The molecule has 0 saturated heterocycles. The summed E-state index contributed by atoms with van der Waals surface area (Å²) in [5.74, 6) is 0.466. The molecule has 3 rings (SSSR count). The van der Waals surface area contributed by atoms with E-state index >= 15 is 0 Å². The van der Waals surface area contributed by atoms with E-state index in [9.17, 15) is 8.42 Å². The molecular formula is C13H14ClN3O2S. The molecule has 0 amide bonds. The molecule has 0 radical (unpaired) electrons. The number of nitrogens with two attached hydrogens (primary N) is 1. The Balaban J connectivity index is 2.20. The van der Waals surface area contributed by atoms with Gasteiger partial charge in [-0.15, -0.1) is 0 Å². The summed E-state index contributed by atoms with van der Waals surface area (Å²) >= 11 is 6.07. The van der Waals surface area contributed by atoms with E-state index < -0.39 is 9.84 Å². The SMILES string of the molecule is Cc1nn(C2CCS(=O)(=O)c3ccccc32)c(N)c1Cl. The summed E-state index contributed by atoms with van der Waals surface area (Å²) in [6.07, 6.45) is 0.445. The predicted octanol–water partition coefficient (Wildman–Crippen LogP) is 2.19. The van der Waals surface area contributed by atoms with Crippen molar-refractivity contribution in [1.82, 2.24) is 9.78 Å². The number of nitrogens with zero attached hydrogens (tertiary/aromatic N) is 2. The molecule has 0 spiro atoms. The molecule has 0 saturated carbocycles. The van der Waals surface area contributed by atoms with Crippen molar-refractivity contribution in [3.8, 4) is 0 Å². The second-order valence-electron chi connectivity index (χ2n) is 4.89. The Hall–Kier alpha value is -1.53. The average molecular weight is 312 g/mol. The van der Waals surface area contributed by atoms with Gasteiger partial charge >= 0.3 is 0 Å². The molecule has 20 heavy (non-hydrogen) atoms. The van der Waals surface area contributed by atoms with Crippen LogP contribution in [0.25, 0.3) is 0 Å². The third-order valence-corrected chi connectivity index (χ3v) is 5.90. The van der Waals surface area contributed by atoms with E-state index in [1.54, 1.807) is 29.8 Å². The Morgan fingerprint density at radius 2 is 2.10 bits per heavy atom. The van der Waals surface area contributed by atoms with E-state index in [4.69, 9.17) is 17.3 Å². The molecule has 1 aromatic carbocycles. The topological polar surface area (TPSA) is 78.0 Å². The zero-order valence-corrected chi connectivity index (χ0v) is 12.4. The Labute approximate surface area is 122 Å². The Morgan fingerprint density at radius 3 is 2.75 bits per heavy atom. The lowest BCUT2D eigenvalue weighted by Crippen LogP contribution is -2.25. The standard InChI is InChI=1S/C13H14ClN3O2S/c1-8-12(14)13(15)17(16-8)10-6-7-20(18,19)11-5-3-2-4-9(10)11/h2-5,10H,6-7,15H2,1H3. The van der Waals surface area contributed by atoms with Gasteiger partial charge in [0.15, 0.2) is 9.84 Å². The largest absolute Gasteiger partial charge is 0.383 e. The number of benzene rings is 1. The molecule has 1 aromatic heterocycles. The third-order valence-electron chi connectivity index (χ3n) is 3.62. The second-order valence-corrected chi connectivity index (χ2v) is 7.35. The quantitative estimate of drug-likeness (QED) is 0.875. The minimum absolute atomic E-state index is 0.0879. The number of fused-ring (bicyclic) bond motifs is 1. The lowest BCUT2D eigenvalue weighted by molar-refractivity contribution is 0.487. The summed E-state index contributed by atoms with van der Waals surface area (Å²) in [4.78, 5) is 0.361. The van der Waals surface area contributed by atoms with Crippen molar-refractivity contribution < 1.29 is 8.42 Å². The zero-order valence-electron chi connectivity index (χ0n) is 10.9. The number of hydrogen-bond acceptors (Lipinski definition) is 4. The lowest BCUT2D eigenvalue weighted by Gasteiger charge is -2.26. The van der Waals surface area contributed by atoms with Crippen molar-refractivity contribution in [3.63, 3.8) is 0 Å². The Bertz CT molecular complexity index is 783. The monoisotopic (exact) mass is 311 g/mol. The number of anilines is 1. The van der Waals surface area contributed by atoms with Gasteiger partial charge in [-0.2, -0.15) is 5.10 Å². The maximum Gasteiger partial charge on any atom is 0.178 e. The normalized spacial score (nSPS) is 20.6. The van der Waals surface area contributed by atoms with Crippen LogP contribution in [0.4, 0.5) is 5.82 Å². The maximum absolute atomic E-state index is 12.1. The first kappa shape index (κ1) is 13.5. The van der Waals surface area contributed by atoms with Crippen LogP contribution in [0.3, 0.4) is 0 Å². The van der Waals surface area contributed by atoms with E-state index in [1.807, 2.05) is 6.07 Å². The Morgan fingerprint density at radius 1 is 1.40 bits per heavy atom. The maximum atomic E-state index is 12.1. The van der Waals surface area contributed by atoms with Crippen LogP contribution in [-0.2, 0) is 9.84 Å². The molecule has 2 N–H and O–H groups in total. The second kappa shape index (κ2) is 4.49. The van der Waals surface area contributed by atoms with Gasteiger partial charge in [0.05, 0.1) is 22.4 Å². The summed E-state index contributed by atoms with van der Waals surface area (Å²) in [6.45, 7) is 1.78. The fourth-order valence-electron chi connectivity index (χ4n) is 2.61. The number of aromatic nitrogens is 2. The van der Waals surface area contributed by atoms with Gasteiger partial charge < -0.3 is 5.73 Å². The molecule has 1 unspecified atom stereocenters. The van der Waals surface area contributed by atoms with Crippen LogP contribution in [0.5, 0.6) is 0 Å². The van der Waals surface area contributed by atoms with Crippen molar-refractivity contribution in [2.45, 2.75) is 24.3 Å². The predicted molar refractivity (Wildman–Crippen MR) is 77.6 cm³/mol. The molecule has 0 bridgehead atoms. The third kappa shape index (κ3) is 1.91. The van der Waals surface area contributed by atoms with Crippen LogP contribution in [0.15, 0.2) is 29.2 Å². The number of nitrogen functional groups attached to an aromatic ring is 1. The molecule has 2 aromatic rings. The van der Waals surface area contributed by atoms with Gasteiger partial charge in [-0.05, 0) is 25.0 Å². The van der Waals surface area contributed by atoms with Gasteiger partial charge in [-0.1, -0.05) is 29.8 Å². The first-order chi connectivity index (χ1) is 9.42. The first-order valence-corrected chi connectivity index (χ1v) is 8.26. The van der Waals surface area contributed by atoms with Crippen molar-refractivity contribution in [3.05, 3.63) is 40.5 Å². The summed E-state index contributed by atoms with van der Waals surface area (Å²) in [5, 5.41) is 4.77. The minimum atomic E-state index is -3.21. The molecular weight excluding hydrogens is 298 g/mol. The highest BCUT2D eigenvalue weighted by Gasteiger charge is 2.32. The average Bonchev–Trinajstić information content (AvgIpc) is 2.67. The van der Waals surface area contributed by atoms with E-state index in [-0.39, 0.29) is 11.8 Å². The lowest BCUT2D eigenvalue weighted by atomic mass is 10.0. The Kier molecular flexibility index (Phi) is 3.02. The van der Waals surface area contributed by atoms with Crippen molar-refractivity contribution in [2.75, 3.05) is 11.5 Å². The highest BCUT2D eigenvalue weighted by molar-refractivity contribution is 7.91. The van der Waals surface area contributed by atoms with Gasteiger partial charge in [0.2, 0.25) is 0 Å². The molecule has 5 nitrogen and oxygen atoms in total. The van der Waals surface area contributed by atoms with Gasteiger partial charge in [0.25, 0.3) is 0 Å². The van der Waals surface area contributed by atoms with Crippen molar-refractivity contribution in [1.29, 1.82) is 0 Å². The summed E-state index contributed by atoms with van der Waals surface area (Å²) in [7, 11) is -3.21. The van der Waals surface area contributed by atoms with E-state index in [0.29, 0.717) is 27.9 Å². The highest BCUT2D eigenvalue weighted by atomic mass is 35.5. The number of aryl methyl sites for hydroxylation is 1. The molecule has 2 heterocycles. The molecule has 0 fully saturated rings. The van der Waals surface area contributed by atoms with Crippen molar-refractivity contribution >= 4 is 27.3 Å². The molecule has 0 aliphatic carbocycles. The van der Waals surface area contributed by atoms with Crippen LogP contribution in [0.1, 0.15) is 23.7 Å². The smallest absolute Gasteiger partial charge is 0.178 e. The van der Waals surface area contributed by atoms with Crippen LogP contribution in [0.2, 0.25) is 5.02 Å². The van der Waals surface area contributed by atoms with E-state index in [1.165, 1.54) is 0 Å².